The topological polar surface area (TPSA) is 41.1 Å². The van der Waals surface area contributed by atoms with Gasteiger partial charge in [-0.2, -0.15) is 0 Å². The third kappa shape index (κ3) is 3.61. The number of hydrogen-bond acceptors (Lipinski definition) is 3. The van der Waals surface area contributed by atoms with Crippen LogP contribution >= 0.6 is 11.3 Å². The molecule has 0 saturated carbocycles. The summed E-state index contributed by atoms with van der Waals surface area (Å²) in [6.07, 6.45) is 1.01. The summed E-state index contributed by atoms with van der Waals surface area (Å²) in [5.74, 6) is -0.0245. The van der Waals surface area contributed by atoms with E-state index in [4.69, 9.17) is 0 Å². The van der Waals surface area contributed by atoms with E-state index in [1.165, 1.54) is 10.4 Å². The summed E-state index contributed by atoms with van der Waals surface area (Å²) in [7, 11) is 0. The fourth-order valence-corrected chi connectivity index (χ4v) is 2.96. The maximum atomic E-state index is 12.1. The molecular weight excluding hydrogens is 268 g/mol. The van der Waals surface area contributed by atoms with E-state index in [0.29, 0.717) is 12.1 Å². The smallest absolute Gasteiger partial charge is 0.251 e. The van der Waals surface area contributed by atoms with Crippen LogP contribution in [0, 0.1) is 0 Å². The van der Waals surface area contributed by atoms with E-state index in [1.807, 2.05) is 31.2 Å². The summed E-state index contributed by atoms with van der Waals surface area (Å²) < 4.78 is 0. The van der Waals surface area contributed by atoms with Crippen molar-refractivity contribution in [3.05, 3.63) is 51.7 Å². The Balaban J connectivity index is 1.94. The van der Waals surface area contributed by atoms with Gasteiger partial charge in [0.25, 0.3) is 5.91 Å². The van der Waals surface area contributed by atoms with E-state index >= 15 is 0 Å². The molecule has 20 heavy (non-hydrogen) atoms. The fourth-order valence-electron chi connectivity index (χ4n) is 2.04. The van der Waals surface area contributed by atoms with Crippen LogP contribution < -0.4 is 10.6 Å². The van der Waals surface area contributed by atoms with Crippen molar-refractivity contribution >= 4 is 22.9 Å². The molecule has 1 aromatic carbocycles. The molecule has 0 bridgehead atoms. The molecule has 106 valence electrons. The highest BCUT2D eigenvalue weighted by molar-refractivity contribution is 7.10. The van der Waals surface area contributed by atoms with Gasteiger partial charge in [-0.05, 0) is 54.6 Å². The van der Waals surface area contributed by atoms with Gasteiger partial charge < -0.3 is 10.6 Å². The van der Waals surface area contributed by atoms with Crippen LogP contribution in [-0.2, 0) is 13.0 Å². The van der Waals surface area contributed by atoms with Crippen LogP contribution in [0.3, 0.4) is 0 Å². The van der Waals surface area contributed by atoms with E-state index < -0.39 is 0 Å². The molecule has 0 aliphatic rings. The second-order valence-corrected chi connectivity index (χ2v) is 5.51. The number of rotatable bonds is 6. The minimum absolute atomic E-state index is 0.0245. The first kappa shape index (κ1) is 14.6. The normalized spacial score (nSPS) is 10.3. The maximum absolute atomic E-state index is 12.1. The molecule has 0 fully saturated rings. The zero-order chi connectivity index (χ0) is 14.4. The molecule has 0 atom stereocenters. The predicted octanol–water partition coefficient (Wildman–Crippen LogP) is 3.67. The molecule has 1 aromatic heterocycles. The average molecular weight is 288 g/mol. The minimum Gasteiger partial charge on any atom is -0.385 e. The molecule has 1 heterocycles. The highest BCUT2D eigenvalue weighted by Gasteiger charge is 2.07. The summed E-state index contributed by atoms with van der Waals surface area (Å²) in [5.41, 5.74) is 3.05. The highest BCUT2D eigenvalue weighted by atomic mass is 32.1. The Bertz CT molecular complexity index is 560. The lowest BCUT2D eigenvalue weighted by Crippen LogP contribution is -2.22. The van der Waals surface area contributed by atoms with Gasteiger partial charge in [-0.15, -0.1) is 11.3 Å². The first-order valence-electron chi connectivity index (χ1n) is 6.92. The number of hydrogen-bond donors (Lipinski definition) is 2. The first-order chi connectivity index (χ1) is 9.74. The Labute approximate surface area is 124 Å². The van der Waals surface area contributed by atoms with Gasteiger partial charge in [0, 0.05) is 22.7 Å². The van der Waals surface area contributed by atoms with Crippen molar-refractivity contribution in [1.29, 1.82) is 0 Å². The van der Waals surface area contributed by atoms with Crippen molar-refractivity contribution in [2.24, 2.45) is 0 Å². The summed E-state index contributed by atoms with van der Waals surface area (Å²) in [4.78, 5) is 13.3. The molecule has 2 aromatic rings. The van der Waals surface area contributed by atoms with Crippen molar-refractivity contribution in [1.82, 2.24) is 5.32 Å². The van der Waals surface area contributed by atoms with Crippen LogP contribution in [0.25, 0.3) is 0 Å². The van der Waals surface area contributed by atoms with Crippen LogP contribution in [0.5, 0.6) is 0 Å². The van der Waals surface area contributed by atoms with Crippen molar-refractivity contribution in [2.45, 2.75) is 26.8 Å². The predicted molar refractivity (Wildman–Crippen MR) is 85.5 cm³/mol. The highest BCUT2D eigenvalue weighted by Crippen LogP contribution is 2.17. The van der Waals surface area contributed by atoms with Crippen LogP contribution in [0.2, 0.25) is 0 Å². The Morgan fingerprint density at radius 1 is 1.15 bits per heavy atom. The van der Waals surface area contributed by atoms with E-state index in [1.54, 1.807) is 11.3 Å². The van der Waals surface area contributed by atoms with Gasteiger partial charge in [0.05, 0.1) is 6.54 Å². The summed E-state index contributed by atoms with van der Waals surface area (Å²) in [5, 5.41) is 8.27. The van der Waals surface area contributed by atoms with Gasteiger partial charge in [-0.25, -0.2) is 0 Å². The number of amides is 1. The lowest BCUT2D eigenvalue weighted by atomic mass is 10.2. The van der Waals surface area contributed by atoms with E-state index in [9.17, 15) is 4.79 Å². The number of benzene rings is 1. The Kier molecular flexibility index (Phi) is 5.18. The molecule has 4 heteroatoms. The third-order valence-electron chi connectivity index (χ3n) is 3.16. The van der Waals surface area contributed by atoms with E-state index in [0.717, 1.165) is 18.7 Å². The molecule has 0 spiro atoms. The van der Waals surface area contributed by atoms with Crippen LogP contribution in [0.1, 0.15) is 34.6 Å². The Morgan fingerprint density at radius 3 is 2.55 bits per heavy atom. The molecular formula is C16H20N2OS. The molecule has 2 rings (SSSR count). The number of thiophene rings is 1. The Hall–Kier alpha value is -1.81. The summed E-state index contributed by atoms with van der Waals surface area (Å²) in [6, 6.07) is 9.68. The molecule has 2 N–H and O–H groups in total. The molecule has 3 nitrogen and oxygen atoms in total. The number of carbonyl (C=O) groups excluding carboxylic acids is 1. The largest absolute Gasteiger partial charge is 0.385 e. The third-order valence-corrected chi connectivity index (χ3v) is 4.12. The van der Waals surface area contributed by atoms with Crippen LogP contribution in [0.15, 0.2) is 35.7 Å². The van der Waals surface area contributed by atoms with Gasteiger partial charge in [0.2, 0.25) is 0 Å². The standard InChI is InChI=1S/C16H20N2OS/c1-3-12-9-10-20-15(12)11-18-16(19)13-5-7-14(8-6-13)17-4-2/h5-10,17H,3-4,11H2,1-2H3,(H,18,19). The van der Waals surface area contributed by atoms with Crippen LogP contribution in [0.4, 0.5) is 5.69 Å². The maximum Gasteiger partial charge on any atom is 0.251 e. The lowest BCUT2D eigenvalue weighted by molar-refractivity contribution is 0.0951. The Morgan fingerprint density at radius 2 is 1.90 bits per heavy atom. The summed E-state index contributed by atoms with van der Waals surface area (Å²) in [6.45, 7) is 5.66. The SMILES string of the molecule is CCNc1ccc(C(=O)NCc2sccc2CC)cc1. The monoisotopic (exact) mass is 288 g/mol. The molecule has 0 radical (unpaired) electrons. The molecule has 0 saturated heterocycles. The quantitative estimate of drug-likeness (QED) is 0.851. The zero-order valence-electron chi connectivity index (χ0n) is 11.9. The van der Waals surface area contributed by atoms with Crippen molar-refractivity contribution in [3.8, 4) is 0 Å². The van der Waals surface area contributed by atoms with Gasteiger partial charge >= 0.3 is 0 Å². The van der Waals surface area contributed by atoms with Crippen molar-refractivity contribution < 1.29 is 4.79 Å². The van der Waals surface area contributed by atoms with Gasteiger partial charge in [0.1, 0.15) is 0 Å². The van der Waals surface area contributed by atoms with E-state index in [2.05, 4.69) is 29.0 Å². The van der Waals surface area contributed by atoms with Gasteiger partial charge in [-0.1, -0.05) is 6.92 Å². The lowest BCUT2D eigenvalue weighted by Gasteiger charge is -2.07. The minimum atomic E-state index is -0.0245. The van der Waals surface area contributed by atoms with Crippen molar-refractivity contribution in [2.75, 3.05) is 11.9 Å². The van der Waals surface area contributed by atoms with Gasteiger partial charge in [0.15, 0.2) is 0 Å². The first-order valence-corrected chi connectivity index (χ1v) is 7.80. The molecule has 1 amide bonds. The molecule has 0 aliphatic heterocycles. The zero-order valence-corrected chi connectivity index (χ0v) is 12.7. The number of aryl methyl sites for hydroxylation is 1. The second kappa shape index (κ2) is 7.10. The van der Waals surface area contributed by atoms with Crippen LogP contribution in [-0.4, -0.2) is 12.5 Å². The summed E-state index contributed by atoms with van der Waals surface area (Å²) >= 11 is 1.70. The number of nitrogens with one attached hydrogen (secondary N) is 2. The van der Waals surface area contributed by atoms with Gasteiger partial charge in [-0.3, -0.25) is 4.79 Å². The average Bonchev–Trinajstić information content (AvgIpc) is 2.93. The molecule has 0 unspecified atom stereocenters. The fraction of sp³-hybridized carbons (Fsp3) is 0.312. The van der Waals surface area contributed by atoms with E-state index in [-0.39, 0.29) is 5.91 Å². The molecule has 0 aliphatic carbocycles. The number of carbonyl (C=O) groups is 1. The second-order valence-electron chi connectivity index (χ2n) is 4.51. The van der Waals surface area contributed by atoms with Crippen molar-refractivity contribution in [3.63, 3.8) is 0 Å². The number of anilines is 1.